The molecule has 25 heavy (non-hydrogen) atoms. The highest BCUT2D eigenvalue weighted by atomic mass is 35.5. The van der Waals surface area contributed by atoms with E-state index in [4.69, 9.17) is 4.74 Å². The summed E-state index contributed by atoms with van der Waals surface area (Å²) < 4.78 is 4.95. The minimum atomic E-state index is -0.121. The molecule has 0 bridgehead atoms. The van der Waals surface area contributed by atoms with Crippen molar-refractivity contribution in [1.82, 2.24) is 20.6 Å². The second-order valence-electron chi connectivity index (χ2n) is 5.74. The van der Waals surface area contributed by atoms with Crippen LogP contribution in [-0.2, 0) is 9.53 Å². The molecule has 0 spiro atoms. The SMILES string of the molecule is CCC(C)C(NC(=O)CNCCOC)c1nc2ccccc2[nH]1.Cl.Cl. The number of benzene rings is 1. The molecule has 0 aliphatic carbocycles. The Bertz CT molecular complexity index is 603. The second kappa shape index (κ2) is 12.1. The third-order valence-electron chi connectivity index (χ3n) is 4.00. The van der Waals surface area contributed by atoms with Crippen molar-refractivity contribution in [1.29, 1.82) is 0 Å². The van der Waals surface area contributed by atoms with Gasteiger partial charge in [0.25, 0.3) is 0 Å². The number of carbonyl (C=O) groups excluding carboxylic acids is 1. The largest absolute Gasteiger partial charge is 0.383 e. The zero-order chi connectivity index (χ0) is 16.7. The first kappa shape index (κ1) is 23.7. The van der Waals surface area contributed by atoms with Gasteiger partial charge in [0, 0.05) is 13.7 Å². The van der Waals surface area contributed by atoms with E-state index in [2.05, 4.69) is 34.4 Å². The molecule has 1 aromatic carbocycles. The topological polar surface area (TPSA) is 79.0 Å². The van der Waals surface area contributed by atoms with Crippen LogP contribution in [0.3, 0.4) is 0 Å². The molecule has 0 saturated heterocycles. The van der Waals surface area contributed by atoms with Gasteiger partial charge in [-0.05, 0) is 18.1 Å². The molecule has 6 nitrogen and oxygen atoms in total. The van der Waals surface area contributed by atoms with Gasteiger partial charge in [-0.1, -0.05) is 32.4 Å². The van der Waals surface area contributed by atoms with Crippen LogP contribution in [0.1, 0.15) is 32.1 Å². The third-order valence-corrected chi connectivity index (χ3v) is 4.00. The maximum atomic E-state index is 12.2. The molecule has 0 fully saturated rings. The highest BCUT2D eigenvalue weighted by Gasteiger charge is 2.23. The van der Waals surface area contributed by atoms with Crippen LogP contribution in [0.4, 0.5) is 0 Å². The average Bonchev–Trinajstić information content (AvgIpc) is 2.99. The zero-order valence-corrected chi connectivity index (χ0v) is 16.5. The maximum Gasteiger partial charge on any atom is 0.234 e. The van der Waals surface area contributed by atoms with Gasteiger partial charge >= 0.3 is 0 Å². The molecule has 0 saturated carbocycles. The molecule has 1 heterocycles. The minimum Gasteiger partial charge on any atom is -0.383 e. The van der Waals surface area contributed by atoms with E-state index < -0.39 is 0 Å². The fraction of sp³-hybridized carbons (Fsp3) is 0.529. The smallest absolute Gasteiger partial charge is 0.234 e. The van der Waals surface area contributed by atoms with Gasteiger partial charge in [0.2, 0.25) is 5.91 Å². The lowest BCUT2D eigenvalue weighted by molar-refractivity contribution is -0.121. The summed E-state index contributed by atoms with van der Waals surface area (Å²) in [6.45, 7) is 5.75. The fourth-order valence-corrected chi connectivity index (χ4v) is 2.44. The number of amides is 1. The molecule has 2 unspecified atom stereocenters. The van der Waals surface area contributed by atoms with Crippen LogP contribution >= 0.6 is 24.8 Å². The highest BCUT2D eigenvalue weighted by molar-refractivity contribution is 5.85. The molecule has 0 aliphatic rings. The molecule has 0 radical (unpaired) electrons. The summed E-state index contributed by atoms with van der Waals surface area (Å²) in [4.78, 5) is 20.1. The highest BCUT2D eigenvalue weighted by Crippen LogP contribution is 2.24. The lowest BCUT2D eigenvalue weighted by Gasteiger charge is -2.22. The summed E-state index contributed by atoms with van der Waals surface area (Å²) >= 11 is 0. The Kier molecular flexibility index (Phi) is 11.4. The number of halogens is 2. The molecular weight excluding hydrogens is 363 g/mol. The van der Waals surface area contributed by atoms with Gasteiger partial charge in [-0.2, -0.15) is 0 Å². The number of aromatic amines is 1. The van der Waals surface area contributed by atoms with Crippen molar-refractivity contribution >= 4 is 41.8 Å². The summed E-state index contributed by atoms with van der Waals surface area (Å²) in [7, 11) is 1.64. The number of aromatic nitrogens is 2. The zero-order valence-electron chi connectivity index (χ0n) is 14.9. The van der Waals surface area contributed by atoms with Gasteiger partial charge in [0.05, 0.1) is 30.2 Å². The summed E-state index contributed by atoms with van der Waals surface area (Å²) in [6.07, 6.45) is 0.957. The molecule has 1 amide bonds. The van der Waals surface area contributed by atoms with Crippen LogP contribution in [0.5, 0.6) is 0 Å². The number of para-hydroxylation sites is 2. The first-order valence-corrected chi connectivity index (χ1v) is 8.09. The number of rotatable bonds is 9. The number of fused-ring (bicyclic) bond motifs is 1. The number of nitrogens with one attached hydrogen (secondary N) is 3. The molecule has 2 aromatic rings. The maximum absolute atomic E-state index is 12.2. The Labute approximate surface area is 161 Å². The van der Waals surface area contributed by atoms with Crippen molar-refractivity contribution in [3.05, 3.63) is 30.1 Å². The van der Waals surface area contributed by atoms with Gasteiger partial charge in [0.15, 0.2) is 0 Å². The van der Waals surface area contributed by atoms with Crippen molar-refractivity contribution in [3.8, 4) is 0 Å². The standard InChI is InChI=1S/C17H26N4O2.2ClH/c1-4-12(2)16(21-15(22)11-18-9-10-23-3)17-19-13-7-5-6-8-14(13)20-17;;/h5-8,12,16,18H,4,9-11H2,1-3H3,(H,19,20)(H,21,22);2*1H. The van der Waals surface area contributed by atoms with Crippen LogP contribution in [0.15, 0.2) is 24.3 Å². The van der Waals surface area contributed by atoms with Gasteiger partial charge in [-0.3, -0.25) is 4.79 Å². The minimum absolute atomic E-state index is 0. The van der Waals surface area contributed by atoms with Crippen molar-refractivity contribution < 1.29 is 9.53 Å². The number of ether oxygens (including phenoxy) is 1. The Balaban J connectivity index is 0.00000288. The monoisotopic (exact) mass is 390 g/mol. The lowest BCUT2D eigenvalue weighted by atomic mass is 9.98. The molecule has 2 atom stereocenters. The van der Waals surface area contributed by atoms with Gasteiger partial charge in [-0.25, -0.2) is 4.98 Å². The van der Waals surface area contributed by atoms with E-state index >= 15 is 0 Å². The number of nitrogens with zero attached hydrogens (tertiary/aromatic N) is 1. The fourth-order valence-electron chi connectivity index (χ4n) is 2.44. The Morgan fingerprint density at radius 1 is 1.32 bits per heavy atom. The molecule has 8 heteroatoms. The summed E-state index contributed by atoms with van der Waals surface area (Å²) in [5.74, 6) is 1.07. The van der Waals surface area contributed by atoms with Crippen molar-refractivity contribution in [2.75, 3.05) is 26.8 Å². The van der Waals surface area contributed by atoms with Crippen molar-refractivity contribution in [2.45, 2.75) is 26.3 Å². The van der Waals surface area contributed by atoms with E-state index in [1.807, 2.05) is 24.3 Å². The number of H-pyrrole nitrogens is 1. The normalized spacial score (nSPS) is 12.8. The van der Waals surface area contributed by atoms with Crippen LogP contribution in [0.25, 0.3) is 11.0 Å². The number of hydrogen-bond acceptors (Lipinski definition) is 4. The predicted octanol–water partition coefficient (Wildman–Crippen LogP) is 2.85. The van der Waals surface area contributed by atoms with Gasteiger partial charge < -0.3 is 20.4 Å². The van der Waals surface area contributed by atoms with Crippen molar-refractivity contribution in [3.63, 3.8) is 0 Å². The van der Waals surface area contributed by atoms with Gasteiger partial charge in [0.1, 0.15) is 5.82 Å². The molecule has 0 aliphatic heterocycles. The van der Waals surface area contributed by atoms with E-state index in [0.29, 0.717) is 19.1 Å². The van der Waals surface area contributed by atoms with E-state index in [9.17, 15) is 4.79 Å². The van der Waals surface area contributed by atoms with E-state index in [0.717, 1.165) is 23.3 Å². The first-order valence-electron chi connectivity index (χ1n) is 8.09. The Hall–Kier alpha value is -1.34. The van der Waals surface area contributed by atoms with Crippen LogP contribution in [0.2, 0.25) is 0 Å². The van der Waals surface area contributed by atoms with Crippen LogP contribution in [0, 0.1) is 5.92 Å². The average molecular weight is 391 g/mol. The molecule has 142 valence electrons. The Morgan fingerprint density at radius 2 is 2.04 bits per heavy atom. The number of carbonyl (C=O) groups is 1. The molecule has 1 aromatic heterocycles. The third kappa shape index (κ3) is 6.82. The van der Waals surface area contributed by atoms with E-state index in [1.54, 1.807) is 7.11 Å². The summed E-state index contributed by atoms with van der Waals surface area (Å²) in [5, 5.41) is 6.14. The number of methoxy groups -OCH3 is 1. The predicted molar refractivity (Wildman–Crippen MR) is 106 cm³/mol. The lowest BCUT2D eigenvalue weighted by Crippen LogP contribution is -2.39. The van der Waals surface area contributed by atoms with Gasteiger partial charge in [-0.15, -0.1) is 24.8 Å². The molecular formula is C17H28Cl2N4O2. The van der Waals surface area contributed by atoms with Crippen LogP contribution in [-0.4, -0.2) is 42.7 Å². The van der Waals surface area contributed by atoms with E-state index in [1.165, 1.54) is 0 Å². The van der Waals surface area contributed by atoms with Crippen LogP contribution < -0.4 is 10.6 Å². The second-order valence-corrected chi connectivity index (χ2v) is 5.74. The first-order chi connectivity index (χ1) is 11.2. The summed E-state index contributed by atoms with van der Waals surface area (Å²) in [5.41, 5.74) is 1.91. The number of imidazole rings is 1. The molecule has 3 N–H and O–H groups in total. The Morgan fingerprint density at radius 3 is 2.68 bits per heavy atom. The summed E-state index contributed by atoms with van der Waals surface area (Å²) in [6, 6.07) is 7.78. The number of hydrogen-bond donors (Lipinski definition) is 3. The quantitative estimate of drug-likeness (QED) is 0.575. The van der Waals surface area contributed by atoms with E-state index in [-0.39, 0.29) is 43.3 Å². The van der Waals surface area contributed by atoms with Crippen molar-refractivity contribution in [2.24, 2.45) is 5.92 Å². The molecule has 2 rings (SSSR count).